The lowest BCUT2D eigenvalue weighted by Gasteiger charge is -2.07. The van der Waals surface area contributed by atoms with Crippen LogP contribution in [0.5, 0.6) is 11.5 Å². The quantitative estimate of drug-likeness (QED) is 0.488. The molecule has 0 spiro atoms. The van der Waals surface area contributed by atoms with Crippen LogP contribution in [-0.4, -0.2) is 11.9 Å². The van der Waals surface area contributed by atoms with Crippen molar-refractivity contribution in [2.75, 3.05) is 0 Å². The summed E-state index contributed by atoms with van der Waals surface area (Å²) < 4.78 is 24.9. The number of halogens is 1. The predicted octanol–water partition coefficient (Wildman–Crippen LogP) is 4.96. The lowest BCUT2D eigenvalue weighted by Crippen LogP contribution is -2.04. The molecule has 132 valence electrons. The first-order chi connectivity index (χ1) is 13.2. The minimum absolute atomic E-state index is 0.0641. The van der Waals surface area contributed by atoms with Crippen molar-refractivity contribution in [3.8, 4) is 11.5 Å². The van der Waals surface area contributed by atoms with Gasteiger partial charge in [-0.2, -0.15) is 0 Å². The number of hydrogen-bond acceptors (Lipinski definition) is 4. The largest absolute Gasteiger partial charge is 0.454 e. The van der Waals surface area contributed by atoms with E-state index in [1.54, 1.807) is 42.5 Å². The highest BCUT2D eigenvalue weighted by molar-refractivity contribution is 6.12. The first kappa shape index (κ1) is 16.7. The summed E-state index contributed by atoms with van der Waals surface area (Å²) in [5, 5.41) is 0. The third-order valence-electron chi connectivity index (χ3n) is 3.87. The number of rotatable bonds is 4. The summed E-state index contributed by atoms with van der Waals surface area (Å²) in [7, 11) is 0. The van der Waals surface area contributed by atoms with Crippen LogP contribution in [-0.2, 0) is 9.53 Å². The van der Waals surface area contributed by atoms with Gasteiger partial charge in [-0.05, 0) is 48.0 Å². The summed E-state index contributed by atoms with van der Waals surface area (Å²) in [6.07, 6.45) is 1.54. The van der Waals surface area contributed by atoms with Crippen LogP contribution in [0.2, 0.25) is 0 Å². The van der Waals surface area contributed by atoms with Gasteiger partial charge in [-0.15, -0.1) is 0 Å². The Kier molecular flexibility index (Phi) is 4.49. The number of nitrogens with zero attached hydrogens (tertiary/aromatic N) is 1. The Morgan fingerprint density at radius 3 is 2.37 bits per heavy atom. The van der Waals surface area contributed by atoms with Crippen molar-refractivity contribution in [1.82, 2.24) is 0 Å². The Morgan fingerprint density at radius 2 is 1.63 bits per heavy atom. The smallest absolute Gasteiger partial charge is 0.363 e. The second-order valence-electron chi connectivity index (χ2n) is 5.81. The van der Waals surface area contributed by atoms with Crippen LogP contribution in [0.25, 0.3) is 6.08 Å². The van der Waals surface area contributed by atoms with Gasteiger partial charge in [0.15, 0.2) is 17.3 Å². The van der Waals surface area contributed by atoms with Gasteiger partial charge in [0.25, 0.3) is 0 Å². The summed E-state index contributed by atoms with van der Waals surface area (Å²) in [6.45, 7) is 0. The average Bonchev–Trinajstić information content (AvgIpc) is 3.06. The fourth-order valence-electron chi connectivity index (χ4n) is 2.57. The Balaban J connectivity index is 1.63. The van der Waals surface area contributed by atoms with Crippen LogP contribution >= 0.6 is 0 Å². The van der Waals surface area contributed by atoms with Crippen LogP contribution in [0.15, 0.2) is 89.6 Å². The molecule has 1 aliphatic heterocycles. The van der Waals surface area contributed by atoms with Crippen LogP contribution < -0.4 is 4.74 Å². The third-order valence-corrected chi connectivity index (χ3v) is 3.87. The zero-order valence-corrected chi connectivity index (χ0v) is 14.1. The first-order valence-corrected chi connectivity index (χ1v) is 8.29. The van der Waals surface area contributed by atoms with Gasteiger partial charge in [-0.3, -0.25) is 0 Å². The number of carbonyl (C=O) groups is 1. The van der Waals surface area contributed by atoms with Crippen molar-refractivity contribution in [3.05, 3.63) is 102 Å². The van der Waals surface area contributed by atoms with Crippen LogP contribution in [0.1, 0.15) is 11.1 Å². The molecular formula is C22H14FNO3. The molecule has 4 nitrogen and oxygen atoms in total. The van der Waals surface area contributed by atoms with Crippen LogP contribution in [0.3, 0.4) is 0 Å². The molecule has 3 aromatic carbocycles. The van der Waals surface area contributed by atoms with E-state index in [1.807, 2.05) is 24.3 Å². The molecule has 0 aromatic heterocycles. The van der Waals surface area contributed by atoms with Gasteiger partial charge in [0.2, 0.25) is 5.90 Å². The standard InChI is InChI=1S/C22H14FNO3/c23-18-12-11-15(14-20(18)26-17-9-5-2-6-10-17)13-19-22(25)27-21(24-19)16-7-3-1-4-8-16/h1-14H/b19-13+. The predicted molar refractivity (Wildman–Crippen MR) is 100.0 cm³/mol. The van der Waals surface area contributed by atoms with E-state index in [1.165, 1.54) is 18.2 Å². The summed E-state index contributed by atoms with van der Waals surface area (Å²) in [5.41, 5.74) is 1.43. The number of benzene rings is 3. The van der Waals surface area contributed by atoms with Gasteiger partial charge >= 0.3 is 5.97 Å². The molecule has 0 atom stereocenters. The minimum atomic E-state index is -0.552. The summed E-state index contributed by atoms with van der Waals surface area (Å²) in [5.74, 6) is -0.220. The fourth-order valence-corrected chi connectivity index (χ4v) is 2.57. The molecular weight excluding hydrogens is 345 g/mol. The van der Waals surface area contributed by atoms with E-state index >= 15 is 0 Å². The molecule has 3 aromatic rings. The van der Waals surface area contributed by atoms with Crippen LogP contribution in [0.4, 0.5) is 4.39 Å². The molecule has 1 aliphatic rings. The topological polar surface area (TPSA) is 47.9 Å². The zero-order valence-electron chi connectivity index (χ0n) is 14.1. The zero-order chi connectivity index (χ0) is 18.6. The molecule has 1 heterocycles. The van der Waals surface area contributed by atoms with Gasteiger partial charge in [-0.1, -0.05) is 42.5 Å². The number of para-hydroxylation sites is 1. The molecule has 5 heteroatoms. The van der Waals surface area contributed by atoms with Crippen molar-refractivity contribution in [3.63, 3.8) is 0 Å². The molecule has 0 unspecified atom stereocenters. The second-order valence-corrected chi connectivity index (χ2v) is 5.81. The Hall–Kier alpha value is -3.73. The van der Waals surface area contributed by atoms with E-state index in [0.29, 0.717) is 16.9 Å². The Morgan fingerprint density at radius 1 is 0.926 bits per heavy atom. The molecule has 0 bridgehead atoms. The summed E-state index contributed by atoms with van der Waals surface area (Å²) >= 11 is 0. The number of carbonyl (C=O) groups excluding carboxylic acids is 1. The highest BCUT2D eigenvalue weighted by atomic mass is 19.1. The van der Waals surface area contributed by atoms with Gasteiger partial charge in [-0.25, -0.2) is 14.2 Å². The van der Waals surface area contributed by atoms with Gasteiger partial charge in [0.1, 0.15) is 5.75 Å². The average molecular weight is 359 g/mol. The maximum Gasteiger partial charge on any atom is 0.363 e. The van der Waals surface area contributed by atoms with E-state index in [2.05, 4.69) is 4.99 Å². The molecule has 0 saturated heterocycles. The van der Waals surface area contributed by atoms with Gasteiger partial charge in [0.05, 0.1) is 0 Å². The lowest BCUT2D eigenvalue weighted by atomic mass is 10.1. The summed E-state index contributed by atoms with van der Waals surface area (Å²) in [6, 6.07) is 22.4. The van der Waals surface area contributed by atoms with Crippen LogP contribution in [0, 0.1) is 5.82 Å². The van der Waals surface area contributed by atoms with Crippen molar-refractivity contribution < 1.29 is 18.7 Å². The molecule has 0 radical (unpaired) electrons. The van der Waals surface area contributed by atoms with E-state index in [9.17, 15) is 9.18 Å². The number of esters is 1. The minimum Gasteiger partial charge on any atom is -0.454 e. The fraction of sp³-hybridized carbons (Fsp3) is 0. The Labute approximate surface area is 155 Å². The lowest BCUT2D eigenvalue weighted by molar-refractivity contribution is -0.129. The van der Waals surface area contributed by atoms with E-state index < -0.39 is 11.8 Å². The van der Waals surface area contributed by atoms with Crippen molar-refractivity contribution in [2.45, 2.75) is 0 Å². The normalized spacial score (nSPS) is 14.8. The molecule has 0 amide bonds. The van der Waals surface area contributed by atoms with Crippen molar-refractivity contribution >= 4 is 17.9 Å². The molecule has 0 N–H and O–H groups in total. The first-order valence-electron chi connectivity index (χ1n) is 8.29. The number of hydrogen-bond donors (Lipinski definition) is 0. The van der Waals surface area contributed by atoms with E-state index in [0.717, 1.165) is 0 Å². The number of ether oxygens (including phenoxy) is 2. The number of aliphatic imine (C=N–C) groups is 1. The van der Waals surface area contributed by atoms with Crippen molar-refractivity contribution in [2.24, 2.45) is 4.99 Å². The molecule has 0 saturated carbocycles. The maximum atomic E-state index is 14.1. The SMILES string of the molecule is O=C1OC(c2ccccc2)=N/C1=C/c1ccc(F)c(Oc2ccccc2)c1. The second kappa shape index (κ2) is 7.25. The highest BCUT2D eigenvalue weighted by Crippen LogP contribution is 2.27. The third kappa shape index (κ3) is 3.77. The molecule has 27 heavy (non-hydrogen) atoms. The summed E-state index contributed by atoms with van der Waals surface area (Å²) in [4.78, 5) is 16.3. The number of cyclic esters (lactones) is 1. The molecule has 0 aliphatic carbocycles. The van der Waals surface area contributed by atoms with Gasteiger partial charge < -0.3 is 9.47 Å². The monoisotopic (exact) mass is 359 g/mol. The molecule has 4 rings (SSSR count). The van der Waals surface area contributed by atoms with E-state index in [-0.39, 0.29) is 17.3 Å². The maximum absolute atomic E-state index is 14.1. The van der Waals surface area contributed by atoms with Gasteiger partial charge in [0, 0.05) is 5.56 Å². The Bertz CT molecular complexity index is 1040. The van der Waals surface area contributed by atoms with E-state index in [4.69, 9.17) is 9.47 Å². The molecule has 0 fully saturated rings. The highest BCUT2D eigenvalue weighted by Gasteiger charge is 2.24. The van der Waals surface area contributed by atoms with Crippen molar-refractivity contribution in [1.29, 1.82) is 0 Å².